The highest BCUT2D eigenvalue weighted by Gasteiger charge is 2.37. The summed E-state index contributed by atoms with van der Waals surface area (Å²) in [5.41, 5.74) is 9.26. The number of hydrogen-bond donors (Lipinski definition) is 0. The van der Waals surface area contributed by atoms with Crippen LogP contribution in [0.15, 0.2) is 18.2 Å². The van der Waals surface area contributed by atoms with Crippen molar-refractivity contribution in [3.63, 3.8) is 0 Å². The Morgan fingerprint density at radius 3 is 2.14 bits per heavy atom. The lowest BCUT2D eigenvalue weighted by Crippen LogP contribution is -2.14. The van der Waals surface area contributed by atoms with Crippen LogP contribution < -0.4 is 4.74 Å². The quantitative estimate of drug-likeness (QED) is 0.568. The van der Waals surface area contributed by atoms with Gasteiger partial charge in [-0.3, -0.25) is 4.79 Å². The summed E-state index contributed by atoms with van der Waals surface area (Å²) in [6.45, 7) is 12.5. The molecule has 1 heterocycles. The summed E-state index contributed by atoms with van der Waals surface area (Å²) in [6, 6.07) is 6.30. The first kappa shape index (κ1) is 14.8. The van der Waals surface area contributed by atoms with Crippen LogP contribution in [0.1, 0.15) is 50.4 Å². The van der Waals surface area contributed by atoms with E-state index in [1.165, 1.54) is 22.3 Å². The number of benzene rings is 2. The number of carbonyl (C=O) groups excluding carboxylic acids is 1. The van der Waals surface area contributed by atoms with Gasteiger partial charge in [0.15, 0.2) is 0 Å². The summed E-state index contributed by atoms with van der Waals surface area (Å²) in [6.07, 6.45) is 0. The van der Waals surface area contributed by atoms with Crippen molar-refractivity contribution >= 4 is 5.97 Å². The van der Waals surface area contributed by atoms with Crippen molar-refractivity contribution in [1.82, 2.24) is 0 Å². The van der Waals surface area contributed by atoms with Gasteiger partial charge in [-0.1, -0.05) is 23.8 Å². The maximum absolute atomic E-state index is 12.5. The van der Waals surface area contributed by atoms with Crippen molar-refractivity contribution < 1.29 is 9.53 Å². The first-order valence-electron chi connectivity index (χ1n) is 7.71. The van der Waals surface area contributed by atoms with Crippen molar-refractivity contribution in [2.24, 2.45) is 0 Å². The fourth-order valence-electron chi connectivity index (χ4n) is 3.47. The normalized spacial score (nSPS) is 16.6. The number of esters is 1. The molecule has 1 atom stereocenters. The molecule has 2 aromatic carbocycles. The Bertz CT molecular complexity index is 800. The molecule has 1 aliphatic heterocycles. The average Bonchev–Trinajstić information content (AvgIpc) is 2.77. The van der Waals surface area contributed by atoms with Crippen LogP contribution in [0.5, 0.6) is 5.75 Å². The van der Waals surface area contributed by atoms with Crippen molar-refractivity contribution in [3.8, 4) is 5.75 Å². The largest absolute Gasteiger partial charge is 0.425 e. The second-order valence-electron chi connectivity index (χ2n) is 6.51. The summed E-state index contributed by atoms with van der Waals surface area (Å²) in [4.78, 5) is 12.5. The zero-order valence-electron chi connectivity index (χ0n) is 14.1. The molecule has 0 radical (unpaired) electrons. The van der Waals surface area contributed by atoms with Gasteiger partial charge in [-0.25, -0.2) is 0 Å². The van der Waals surface area contributed by atoms with E-state index in [1.54, 1.807) is 0 Å². The molecule has 0 N–H and O–H groups in total. The second kappa shape index (κ2) is 4.98. The number of carbonyl (C=O) groups is 1. The van der Waals surface area contributed by atoms with Gasteiger partial charge in [-0.2, -0.15) is 0 Å². The lowest BCUT2D eigenvalue weighted by atomic mass is 9.84. The van der Waals surface area contributed by atoms with E-state index in [0.717, 1.165) is 28.0 Å². The molecule has 22 heavy (non-hydrogen) atoms. The van der Waals surface area contributed by atoms with Crippen LogP contribution in [0, 0.1) is 41.5 Å². The molecule has 114 valence electrons. The third-order valence-electron chi connectivity index (χ3n) is 5.03. The Morgan fingerprint density at radius 2 is 1.45 bits per heavy atom. The molecule has 0 aliphatic carbocycles. The van der Waals surface area contributed by atoms with Gasteiger partial charge in [-0.15, -0.1) is 0 Å². The third kappa shape index (κ3) is 2.06. The number of aryl methyl sites for hydroxylation is 3. The smallest absolute Gasteiger partial charge is 0.323 e. The molecule has 2 nitrogen and oxygen atoms in total. The lowest BCUT2D eigenvalue weighted by molar-refractivity contribution is -0.133. The molecule has 0 amide bonds. The first-order chi connectivity index (χ1) is 10.3. The number of fused-ring (bicyclic) bond motifs is 1. The van der Waals surface area contributed by atoms with E-state index < -0.39 is 0 Å². The Morgan fingerprint density at radius 1 is 0.773 bits per heavy atom. The molecule has 0 spiro atoms. The molecular weight excluding hydrogens is 272 g/mol. The molecule has 0 saturated carbocycles. The van der Waals surface area contributed by atoms with E-state index in [4.69, 9.17) is 4.74 Å². The zero-order valence-corrected chi connectivity index (χ0v) is 14.1. The van der Waals surface area contributed by atoms with Crippen LogP contribution in [0.25, 0.3) is 0 Å². The Hall–Kier alpha value is -2.09. The lowest BCUT2D eigenvalue weighted by Gasteiger charge is -2.17. The van der Waals surface area contributed by atoms with E-state index in [9.17, 15) is 4.79 Å². The number of rotatable bonds is 1. The van der Waals surface area contributed by atoms with Crippen LogP contribution in [0.2, 0.25) is 0 Å². The molecule has 3 rings (SSSR count). The molecule has 2 heteroatoms. The van der Waals surface area contributed by atoms with Gasteiger partial charge in [0.2, 0.25) is 0 Å². The minimum atomic E-state index is -0.299. The summed E-state index contributed by atoms with van der Waals surface area (Å²) in [5, 5.41) is 0. The summed E-state index contributed by atoms with van der Waals surface area (Å²) < 4.78 is 5.59. The standard InChI is InChI=1S/C20H22O2/c1-10-7-12(3)19-17(8-10)18(20(21)22-19)16-9-11(2)13(4)14(5)15(16)6/h7-9,18H,1-6H3. The van der Waals surface area contributed by atoms with E-state index >= 15 is 0 Å². The van der Waals surface area contributed by atoms with Gasteiger partial charge < -0.3 is 4.74 Å². The van der Waals surface area contributed by atoms with Crippen molar-refractivity contribution in [2.45, 2.75) is 47.5 Å². The summed E-state index contributed by atoms with van der Waals surface area (Å²) in [7, 11) is 0. The predicted octanol–water partition coefficient (Wildman–Crippen LogP) is 4.59. The summed E-state index contributed by atoms with van der Waals surface area (Å²) in [5.74, 6) is 0.289. The monoisotopic (exact) mass is 294 g/mol. The van der Waals surface area contributed by atoms with Crippen LogP contribution in [0.4, 0.5) is 0 Å². The maximum Gasteiger partial charge on any atom is 0.323 e. The molecular formula is C20H22O2. The highest BCUT2D eigenvalue weighted by molar-refractivity contribution is 5.90. The Balaban J connectivity index is 2.26. The van der Waals surface area contributed by atoms with Gasteiger partial charge in [0.1, 0.15) is 11.7 Å². The van der Waals surface area contributed by atoms with Crippen molar-refractivity contribution in [1.29, 1.82) is 0 Å². The minimum absolute atomic E-state index is 0.158. The Labute approximate surface area is 132 Å². The maximum atomic E-state index is 12.5. The molecule has 0 fully saturated rings. The van der Waals surface area contributed by atoms with E-state index in [0.29, 0.717) is 0 Å². The van der Waals surface area contributed by atoms with Gasteiger partial charge in [0.25, 0.3) is 0 Å². The van der Waals surface area contributed by atoms with Crippen LogP contribution in [-0.2, 0) is 4.79 Å². The van der Waals surface area contributed by atoms with Gasteiger partial charge in [0, 0.05) is 5.56 Å². The molecule has 2 aromatic rings. The highest BCUT2D eigenvalue weighted by Crippen LogP contribution is 2.43. The summed E-state index contributed by atoms with van der Waals surface area (Å²) >= 11 is 0. The number of ether oxygens (including phenoxy) is 1. The van der Waals surface area contributed by atoms with Crippen LogP contribution in [-0.4, -0.2) is 5.97 Å². The van der Waals surface area contributed by atoms with Crippen LogP contribution in [0.3, 0.4) is 0 Å². The van der Waals surface area contributed by atoms with Gasteiger partial charge in [-0.05, 0) is 74.9 Å². The fourth-order valence-corrected chi connectivity index (χ4v) is 3.47. The van der Waals surface area contributed by atoms with E-state index in [2.05, 4.69) is 52.8 Å². The molecule has 0 aromatic heterocycles. The Kier molecular flexibility index (Phi) is 3.36. The zero-order chi connectivity index (χ0) is 16.2. The highest BCUT2D eigenvalue weighted by atomic mass is 16.5. The van der Waals surface area contributed by atoms with Crippen molar-refractivity contribution in [3.05, 3.63) is 62.7 Å². The topological polar surface area (TPSA) is 26.3 Å². The van der Waals surface area contributed by atoms with E-state index in [1.807, 2.05) is 6.92 Å². The second-order valence-corrected chi connectivity index (χ2v) is 6.51. The van der Waals surface area contributed by atoms with E-state index in [-0.39, 0.29) is 11.9 Å². The molecule has 1 aliphatic rings. The number of hydrogen-bond acceptors (Lipinski definition) is 2. The SMILES string of the molecule is Cc1cc(C)c2c(c1)C(c1cc(C)c(C)c(C)c1C)C(=O)O2. The molecule has 0 bridgehead atoms. The first-order valence-corrected chi connectivity index (χ1v) is 7.71. The molecule has 1 unspecified atom stereocenters. The minimum Gasteiger partial charge on any atom is -0.425 e. The third-order valence-corrected chi connectivity index (χ3v) is 5.03. The van der Waals surface area contributed by atoms with Gasteiger partial charge in [0.05, 0.1) is 0 Å². The van der Waals surface area contributed by atoms with Crippen LogP contribution >= 0.6 is 0 Å². The average molecular weight is 294 g/mol. The predicted molar refractivity (Wildman–Crippen MR) is 88.8 cm³/mol. The molecule has 0 saturated heterocycles. The van der Waals surface area contributed by atoms with Crippen molar-refractivity contribution in [2.75, 3.05) is 0 Å². The van der Waals surface area contributed by atoms with Gasteiger partial charge >= 0.3 is 5.97 Å². The fraction of sp³-hybridized carbons (Fsp3) is 0.350.